The molecule has 0 spiro atoms. The van der Waals surface area contributed by atoms with E-state index in [2.05, 4.69) is 15.3 Å². The molecule has 2 N–H and O–H groups in total. The number of carbonyl (C=O) groups is 1. The molecule has 0 aliphatic heterocycles. The van der Waals surface area contributed by atoms with Gasteiger partial charge >= 0.3 is 6.18 Å². The average molecular weight is 474 g/mol. The molecular formula is C24H22F3N3O2S. The molecule has 4 rings (SSSR count). The van der Waals surface area contributed by atoms with Crippen LogP contribution < -0.4 is 10.9 Å². The normalized spacial score (nSPS) is 17.2. The maximum absolute atomic E-state index is 13.0. The molecule has 0 saturated heterocycles. The Morgan fingerprint density at radius 3 is 2.70 bits per heavy atom. The Balaban J connectivity index is 1.56. The second-order valence-corrected chi connectivity index (χ2v) is 9.22. The fraction of sp³-hybridized carbons (Fsp3) is 0.292. The van der Waals surface area contributed by atoms with Crippen LogP contribution in [-0.4, -0.2) is 21.6 Å². The maximum atomic E-state index is 13.0. The minimum absolute atomic E-state index is 0.0509. The first-order chi connectivity index (χ1) is 15.6. The van der Waals surface area contributed by atoms with E-state index in [1.807, 2.05) is 38.1 Å². The van der Waals surface area contributed by atoms with E-state index in [1.54, 1.807) is 0 Å². The van der Waals surface area contributed by atoms with Crippen LogP contribution in [0.2, 0.25) is 0 Å². The molecule has 1 aliphatic rings. The van der Waals surface area contributed by atoms with Gasteiger partial charge in [-0.25, -0.2) is 4.98 Å². The summed E-state index contributed by atoms with van der Waals surface area (Å²) in [6, 6.07) is 12.3. The molecule has 0 fully saturated rings. The molecule has 0 saturated carbocycles. The number of aromatic amines is 1. The lowest BCUT2D eigenvalue weighted by Crippen LogP contribution is -2.36. The van der Waals surface area contributed by atoms with Gasteiger partial charge in [-0.3, -0.25) is 9.59 Å². The van der Waals surface area contributed by atoms with Crippen molar-refractivity contribution in [3.63, 3.8) is 0 Å². The number of fused-ring (bicyclic) bond motifs is 3. The van der Waals surface area contributed by atoms with E-state index in [1.165, 1.54) is 12.1 Å². The van der Waals surface area contributed by atoms with Gasteiger partial charge in [-0.15, -0.1) is 0 Å². The Bertz CT molecular complexity index is 1270. The third-order valence-corrected chi connectivity index (χ3v) is 6.82. The first-order valence-electron chi connectivity index (χ1n) is 10.4. The standard InChI is InChI=1S/C24H22F3N3O2S/c1-3-23(2)12-14-7-4-5-10-17(14)20-19(23)21(32)30-22(29-20)33-13-18(31)28-16-9-6-8-15(11-16)24(25,26)27/h4-11H,3,12-13H2,1-2H3,(H,28,31)(H,29,30,32). The predicted octanol–water partition coefficient (Wildman–Crippen LogP) is 5.41. The molecule has 1 heterocycles. The number of alkyl halides is 3. The SMILES string of the molecule is CCC1(C)Cc2ccccc2-c2nc(SCC(=O)Nc3cccc(C(F)(F)F)c3)[nH]c(=O)c21. The Morgan fingerprint density at radius 1 is 1.21 bits per heavy atom. The lowest BCUT2D eigenvalue weighted by molar-refractivity contribution is -0.137. The second kappa shape index (κ2) is 8.70. The van der Waals surface area contributed by atoms with Crippen molar-refractivity contribution in [1.82, 2.24) is 9.97 Å². The smallest absolute Gasteiger partial charge is 0.325 e. The molecule has 0 radical (unpaired) electrons. The van der Waals surface area contributed by atoms with Gasteiger partial charge in [-0.1, -0.05) is 55.9 Å². The number of nitrogens with zero attached hydrogens (tertiary/aromatic N) is 1. The largest absolute Gasteiger partial charge is 0.416 e. The van der Waals surface area contributed by atoms with Crippen LogP contribution in [0.3, 0.4) is 0 Å². The summed E-state index contributed by atoms with van der Waals surface area (Å²) in [5, 5.41) is 2.75. The lowest BCUT2D eigenvalue weighted by Gasteiger charge is -2.34. The number of thioether (sulfide) groups is 1. The number of H-pyrrole nitrogens is 1. The fourth-order valence-electron chi connectivity index (χ4n) is 4.10. The van der Waals surface area contributed by atoms with Crippen molar-refractivity contribution in [1.29, 1.82) is 0 Å². The first-order valence-corrected chi connectivity index (χ1v) is 11.4. The number of rotatable bonds is 5. The summed E-state index contributed by atoms with van der Waals surface area (Å²) < 4.78 is 38.6. The summed E-state index contributed by atoms with van der Waals surface area (Å²) in [6.45, 7) is 4.09. The Labute approximate surface area is 192 Å². The van der Waals surface area contributed by atoms with Gasteiger partial charge in [0.25, 0.3) is 5.56 Å². The van der Waals surface area contributed by atoms with Gasteiger partial charge in [0.2, 0.25) is 5.91 Å². The van der Waals surface area contributed by atoms with Crippen LogP contribution in [0.1, 0.15) is 37.0 Å². The molecule has 172 valence electrons. The van der Waals surface area contributed by atoms with Crippen LogP contribution in [0, 0.1) is 0 Å². The number of halogens is 3. The van der Waals surface area contributed by atoms with Crippen LogP contribution in [0.15, 0.2) is 58.5 Å². The monoisotopic (exact) mass is 473 g/mol. The van der Waals surface area contributed by atoms with Crippen molar-refractivity contribution in [2.45, 2.75) is 43.4 Å². The molecule has 1 amide bonds. The number of amides is 1. The van der Waals surface area contributed by atoms with Crippen LogP contribution >= 0.6 is 11.8 Å². The lowest BCUT2D eigenvalue weighted by atomic mass is 9.69. The van der Waals surface area contributed by atoms with Gasteiger partial charge in [0.05, 0.1) is 17.0 Å². The number of benzene rings is 2. The van der Waals surface area contributed by atoms with Crippen molar-refractivity contribution >= 4 is 23.4 Å². The summed E-state index contributed by atoms with van der Waals surface area (Å²) in [5.41, 5.74) is 1.90. The van der Waals surface area contributed by atoms with E-state index in [4.69, 9.17) is 0 Å². The van der Waals surface area contributed by atoms with Gasteiger partial charge in [0.15, 0.2) is 5.16 Å². The van der Waals surface area contributed by atoms with E-state index in [0.29, 0.717) is 11.3 Å². The van der Waals surface area contributed by atoms with Gasteiger partial charge in [0.1, 0.15) is 0 Å². The van der Waals surface area contributed by atoms with Gasteiger partial charge in [-0.05, 0) is 36.6 Å². The number of aromatic nitrogens is 2. The van der Waals surface area contributed by atoms with E-state index < -0.39 is 17.6 Å². The third kappa shape index (κ3) is 4.68. The first kappa shape index (κ1) is 23.1. The summed E-state index contributed by atoms with van der Waals surface area (Å²) in [6.07, 6.45) is -2.99. The van der Waals surface area contributed by atoms with Crippen molar-refractivity contribution in [2.24, 2.45) is 0 Å². The van der Waals surface area contributed by atoms with Crippen molar-refractivity contribution < 1.29 is 18.0 Å². The summed E-state index contributed by atoms with van der Waals surface area (Å²) >= 11 is 1.03. The number of carbonyl (C=O) groups excluding carboxylic acids is 1. The Hall–Kier alpha value is -3.07. The molecule has 33 heavy (non-hydrogen) atoms. The van der Waals surface area contributed by atoms with Crippen molar-refractivity contribution in [2.75, 3.05) is 11.1 Å². The summed E-state index contributed by atoms with van der Waals surface area (Å²) in [7, 11) is 0. The van der Waals surface area contributed by atoms with E-state index in [9.17, 15) is 22.8 Å². The van der Waals surface area contributed by atoms with Crippen LogP contribution in [0.5, 0.6) is 0 Å². The van der Waals surface area contributed by atoms with E-state index in [-0.39, 0.29) is 27.6 Å². The van der Waals surface area contributed by atoms with Crippen molar-refractivity contribution in [3.8, 4) is 11.3 Å². The van der Waals surface area contributed by atoms with Gasteiger partial charge in [0, 0.05) is 22.2 Å². The molecule has 1 unspecified atom stereocenters. The zero-order valence-corrected chi connectivity index (χ0v) is 18.9. The predicted molar refractivity (Wildman–Crippen MR) is 122 cm³/mol. The average Bonchev–Trinajstić information content (AvgIpc) is 2.77. The third-order valence-electron chi connectivity index (χ3n) is 5.95. The minimum atomic E-state index is -4.49. The molecule has 9 heteroatoms. The number of anilines is 1. The molecule has 2 aromatic carbocycles. The molecule has 5 nitrogen and oxygen atoms in total. The van der Waals surface area contributed by atoms with Crippen molar-refractivity contribution in [3.05, 3.63) is 75.6 Å². The molecule has 1 aliphatic carbocycles. The zero-order chi connectivity index (χ0) is 23.8. The zero-order valence-electron chi connectivity index (χ0n) is 18.0. The second-order valence-electron chi connectivity index (χ2n) is 8.26. The molecule has 1 atom stereocenters. The topological polar surface area (TPSA) is 74.8 Å². The molecule has 0 bridgehead atoms. The van der Waals surface area contributed by atoms with E-state index in [0.717, 1.165) is 47.9 Å². The number of hydrogen-bond acceptors (Lipinski definition) is 4. The highest BCUT2D eigenvalue weighted by Crippen LogP contribution is 2.42. The molecule has 3 aromatic rings. The van der Waals surface area contributed by atoms with Gasteiger partial charge in [-0.2, -0.15) is 13.2 Å². The number of hydrogen-bond donors (Lipinski definition) is 2. The van der Waals surface area contributed by atoms with E-state index >= 15 is 0 Å². The summed E-state index contributed by atoms with van der Waals surface area (Å²) in [4.78, 5) is 32.8. The summed E-state index contributed by atoms with van der Waals surface area (Å²) in [5.74, 6) is -0.622. The Morgan fingerprint density at radius 2 is 1.97 bits per heavy atom. The highest BCUT2D eigenvalue weighted by molar-refractivity contribution is 7.99. The quantitative estimate of drug-likeness (QED) is 0.384. The number of nitrogens with one attached hydrogen (secondary N) is 2. The molecule has 1 aromatic heterocycles. The molecular weight excluding hydrogens is 451 g/mol. The van der Waals surface area contributed by atoms with Gasteiger partial charge < -0.3 is 10.3 Å². The van der Waals surface area contributed by atoms with Crippen LogP contribution in [0.25, 0.3) is 11.3 Å². The maximum Gasteiger partial charge on any atom is 0.416 e. The highest BCUT2D eigenvalue weighted by Gasteiger charge is 2.37. The highest BCUT2D eigenvalue weighted by atomic mass is 32.2. The van der Waals surface area contributed by atoms with Crippen LogP contribution in [0.4, 0.5) is 18.9 Å². The van der Waals surface area contributed by atoms with Crippen LogP contribution in [-0.2, 0) is 22.8 Å². The Kier molecular flexibility index (Phi) is 6.09. The minimum Gasteiger partial charge on any atom is -0.325 e. The fourth-order valence-corrected chi connectivity index (χ4v) is 4.76.